The molecule has 9 heteroatoms. The summed E-state index contributed by atoms with van der Waals surface area (Å²) in [5.41, 5.74) is 0.896. The van der Waals surface area contributed by atoms with Crippen LogP contribution in [0.1, 0.15) is 16.6 Å². The number of nitrogens with zero attached hydrogens (tertiary/aromatic N) is 3. The first-order chi connectivity index (χ1) is 12.6. The number of carbonyl (C=O) groups is 2. The minimum Gasteiger partial charge on any atom is -0.302 e. The Morgan fingerprint density at radius 1 is 1.23 bits per heavy atom. The molecule has 0 aliphatic rings. The molecule has 1 aromatic carbocycles. The number of hydrogen-bond donors (Lipinski definition) is 1. The molecular formula is C17H15ClN4O2S2. The van der Waals surface area contributed by atoms with E-state index in [0.29, 0.717) is 27.4 Å². The lowest BCUT2D eigenvalue weighted by atomic mass is 10.2. The van der Waals surface area contributed by atoms with Crippen LogP contribution in [0.4, 0.5) is 0 Å². The standard InChI is InChI=1S/C17H15ClN4O2S2/c1-2-22-15(11-5-7-12(18)8-6-11)20-21-17(22)26-10-14(23)19-16(24)13-4-3-9-25-13/h3-9H,2,10H2,1H3,(H,19,23,24). The van der Waals surface area contributed by atoms with Gasteiger partial charge in [-0.3, -0.25) is 14.9 Å². The topological polar surface area (TPSA) is 76.9 Å². The first kappa shape index (κ1) is 18.6. The molecular weight excluding hydrogens is 392 g/mol. The first-order valence-electron chi connectivity index (χ1n) is 7.78. The predicted molar refractivity (Wildman–Crippen MR) is 104 cm³/mol. The lowest BCUT2D eigenvalue weighted by Crippen LogP contribution is -2.31. The molecule has 134 valence electrons. The average molecular weight is 407 g/mol. The van der Waals surface area contributed by atoms with E-state index in [9.17, 15) is 9.59 Å². The molecule has 3 aromatic rings. The summed E-state index contributed by atoms with van der Waals surface area (Å²) in [5, 5.41) is 13.8. The minimum absolute atomic E-state index is 0.0792. The number of amides is 2. The highest BCUT2D eigenvalue weighted by molar-refractivity contribution is 7.99. The van der Waals surface area contributed by atoms with E-state index < -0.39 is 0 Å². The van der Waals surface area contributed by atoms with Gasteiger partial charge >= 0.3 is 0 Å². The van der Waals surface area contributed by atoms with E-state index in [-0.39, 0.29) is 17.6 Å². The summed E-state index contributed by atoms with van der Waals surface area (Å²) in [5.74, 6) is 0.0359. The third kappa shape index (κ3) is 4.32. The molecule has 0 atom stereocenters. The van der Waals surface area contributed by atoms with Gasteiger partial charge in [0.2, 0.25) is 5.91 Å². The quantitative estimate of drug-likeness (QED) is 0.631. The molecule has 3 rings (SSSR count). The second-order valence-corrected chi connectivity index (χ2v) is 7.53. The van der Waals surface area contributed by atoms with Crippen molar-refractivity contribution in [3.8, 4) is 11.4 Å². The van der Waals surface area contributed by atoms with E-state index >= 15 is 0 Å². The molecule has 0 fully saturated rings. The first-order valence-corrected chi connectivity index (χ1v) is 10.0. The summed E-state index contributed by atoms with van der Waals surface area (Å²) in [6.07, 6.45) is 0. The van der Waals surface area contributed by atoms with Crippen LogP contribution >= 0.6 is 34.7 Å². The van der Waals surface area contributed by atoms with E-state index in [4.69, 9.17) is 11.6 Å². The Labute approximate surface area is 163 Å². The van der Waals surface area contributed by atoms with Gasteiger partial charge in [-0.15, -0.1) is 21.5 Å². The SMILES string of the molecule is CCn1c(SCC(=O)NC(=O)c2cccs2)nnc1-c1ccc(Cl)cc1. The van der Waals surface area contributed by atoms with Crippen molar-refractivity contribution >= 4 is 46.5 Å². The number of benzene rings is 1. The molecule has 0 aliphatic carbocycles. The van der Waals surface area contributed by atoms with Gasteiger partial charge in [-0.05, 0) is 42.6 Å². The Morgan fingerprint density at radius 2 is 2.00 bits per heavy atom. The summed E-state index contributed by atoms with van der Waals surface area (Å²) < 4.78 is 1.92. The maximum Gasteiger partial charge on any atom is 0.267 e. The molecule has 0 aliphatic heterocycles. The Hall–Kier alpha value is -2.16. The van der Waals surface area contributed by atoms with Crippen LogP contribution in [0.3, 0.4) is 0 Å². The van der Waals surface area contributed by atoms with Gasteiger partial charge in [-0.1, -0.05) is 29.4 Å². The summed E-state index contributed by atoms with van der Waals surface area (Å²) in [4.78, 5) is 24.4. The van der Waals surface area contributed by atoms with Gasteiger partial charge in [0.15, 0.2) is 11.0 Å². The van der Waals surface area contributed by atoms with E-state index in [1.165, 1.54) is 23.1 Å². The van der Waals surface area contributed by atoms with Crippen LogP contribution < -0.4 is 5.32 Å². The van der Waals surface area contributed by atoms with Crippen molar-refractivity contribution in [1.29, 1.82) is 0 Å². The van der Waals surface area contributed by atoms with Crippen molar-refractivity contribution < 1.29 is 9.59 Å². The highest BCUT2D eigenvalue weighted by Gasteiger charge is 2.16. The molecule has 2 aromatic heterocycles. The number of halogens is 1. The van der Waals surface area contributed by atoms with Crippen LogP contribution in [0, 0.1) is 0 Å². The van der Waals surface area contributed by atoms with Crippen LogP contribution in [0.5, 0.6) is 0 Å². The minimum atomic E-state index is -0.385. The zero-order valence-electron chi connectivity index (χ0n) is 13.8. The lowest BCUT2D eigenvalue weighted by molar-refractivity contribution is -0.117. The molecule has 0 spiro atoms. The van der Waals surface area contributed by atoms with Crippen LogP contribution in [0.15, 0.2) is 46.9 Å². The molecule has 0 bridgehead atoms. The Balaban J connectivity index is 1.65. The summed E-state index contributed by atoms with van der Waals surface area (Å²) in [6.45, 7) is 2.64. The maximum absolute atomic E-state index is 12.0. The third-order valence-corrected chi connectivity index (χ3v) is 5.55. The Morgan fingerprint density at radius 3 is 2.65 bits per heavy atom. The number of imide groups is 1. The van der Waals surface area contributed by atoms with Crippen LogP contribution in [0.25, 0.3) is 11.4 Å². The van der Waals surface area contributed by atoms with Crippen molar-refractivity contribution in [3.05, 3.63) is 51.7 Å². The van der Waals surface area contributed by atoms with Gasteiger partial charge in [0, 0.05) is 17.1 Å². The molecule has 1 N–H and O–H groups in total. The molecule has 26 heavy (non-hydrogen) atoms. The molecule has 0 saturated heterocycles. The summed E-state index contributed by atoms with van der Waals surface area (Å²) >= 11 is 8.45. The van der Waals surface area contributed by atoms with Gasteiger partial charge in [-0.25, -0.2) is 0 Å². The van der Waals surface area contributed by atoms with E-state index in [1.54, 1.807) is 29.6 Å². The monoisotopic (exact) mass is 406 g/mol. The average Bonchev–Trinajstić information content (AvgIpc) is 3.30. The molecule has 2 amide bonds. The number of rotatable bonds is 6. The Kier molecular flexibility index (Phi) is 6.08. The summed E-state index contributed by atoms with van der Waals surface area (Å²) in [6, 6.07) is 10.8. The number of hydrogen-bond acceptors (Lipinski definition) is 6. The number of nitrogens with one attached hydrogen (secondary N) is 1. The smallest absolute Gasteiger partial charge is 0.267 e. The fourth-order valence-electron chi connectivity index (χ4n) is 2.26. The van der Waals surface area contributed by atoms with E-state index in [0.717, 1.165) is 5.56 Å². The zero-order chi connectivity index (χ0) is 18.5. The van der Waals surface area contributed by atoms with Crippen LogP contribution in [0.2, 0.25) is 5.02 Å². The fraction of sp³-hybridized carbons (Fsp3) is 0.176. The molecule has 0 unspecified atom stereocenters. The van der Waals surface area contributed by atoms with Gasteiger partial charge in [-0.2, -0.15) is 0 Å². The van der Waals surface area contributed by atoms with Crippen molar-refractivity contribution in [3.63, 3.8) is 0 Å². The van der Waals surface area contributed by atoms with Gasteiger partial charge in [0.25, 0.3) is 5.91 Å². The predicted octanol–water partition coefficient (Wildman–Crippen LogP) is 3.73. The highest BCUT2D eigenvalue weighted by Crippen LogP contribution is 2.25. The number of thiophene rings is 1. The van der Waals surface area contributed by atoms with Crippen LogP contribution in [-0.4, -0.2) is 32.3 Å². The number of carbonyl (C=O) groups excluding carboxylic acids is 2. The van der Waals surface area contributed by atoms with Crippen molar-refractivity contribution in [1.82, 2.24) is 20.1 Å². The van der Waals surface area contributed by atoms with Gasteiger partial charge in [0.1, 0.15) is 0 Å². The molecule has 6 nitrogen and oxygen atoms in total. The fourth-order valence-corrected chi connectivity index (χ4v) is 3.80. The molecule has 0 saturated carbocycles. The zero-order valence-corrected chi connectivity index (χ0v) is 16.2. The van der Waals surface area contributed by atoms with Gasteiger partial charge in [0.05, 0.1) is 10.6 Å². The number of aromatic nitrogens is 3. The maximum atomic E-state index is 12.0. The molecule has 2 heterocycles. The van der Waals surface area contributed by atoms with Crippen molar-refractivity contribution in [2.24, 2.45) is 0 Å². The second-order valence-electron chi connectivity index (χ2n) is 5.20. The molecule has 0 radical (unpaired) electrons. The second kappa shape index (κ2) is 8.48. The van der Waals surface area contributed by atoms with Crippen molar-refractivity contribution in [2.45, 2.75) is 18.6 Å². The number of thioether (sulfide) groups is 1. The normalized spacial score (nSPS) is 10.7. The third-order valence-electron chi connectivity index (χ3n) is 3.47. The van der Waals surface area contributed by atoms with Gasteiger partial charge < -0.3 is 4.57 Å². The van der Waals surface area contributed by atoms with Crippen LogP contribution in [-0.2, 0) is 11.3 Å². The van der Waals surface area contributed by atoms with Crippen molar-refractivity contribution in [2.75, 3.05) is 5.75 Å². The van der Waals surface area contributed by atoms with E-state index in [2.05, 4.69) is 15.5 Å². The summed E-state index contributed by atoms with van der Waals surface area (Å²) in [7, 11) is 0. The lowest BCUT2D eigenvalue weighted by Gasteiger charge is -2.07. The highest BCUT2D eigenvalue weighted by atomic mass is 35.5. The largest absolute Gasteiger partial charge is 0.302 e. The Bertz CT molecular complexity index is 908. The van der Waals surface area contributed by atoms with E-state index in [1.807, 2.05) is 23.6 Å².